The maximum atomic E-state index is 12.5. The first-order valence-corrected chi connectivity index (χ1v) is 8.90. The molecule has 3 rings (SSSR count). The van der Waals surface area contributed by atoms with Gasteiger partial charge in [-0.25, -0.2) is 8.42 Å². The highest BCUT2D eigenvalue weighted by Crippen LogP contribution is 2.23. The van der Waals surface area contributed by atoms with Gasteiger partial charge in [0.05, 0.1) is 5.69 Å². The second kappa shape index (κ2) is 5.96. The molecule has 0 aliphatic rings. The molecule has 5 nitrogen and oxygen atoms in total. The zero-order valence-corrected chi connectivity index (χ0v) is 13.9. The molecule has 0 amide bonds. The van der Waals surface area contributed by atoms with E-state index in [0.717, 1.165) is 17.8 Å². The number of nitrogens with zero attached hydrogens (tertiary/aromatic N) is 2. The Labute approximate surface area is 136 Å². The van der Waals surface area contributed by atoms with Crippen LogP contribution in [-0.2, 0) is 16.6 Å². The summed E-state index contributed by atoms with van der Waals surface area (Å²) < 4.78 is 31.6. The van der Waals surface area contributed by atoms with E-state index in [2.05, 4.69) is 4.72 Å². The lowest BCUT2D eigenvalue weighted by Gasteiger charge is -2.12. The lowest BCUT2D eigenvalue weighted by atomic mass is 10.2. The molecule has 0 fully saturated rings. The van der Waals surface area contributed by atoms with Crippen molar-refractivity contribution in [2.24, 2.45) is 0 Å². The zero-order chi connectivity index (χ0) is 16.4. The molecule has 0 spiro atoms. The van der Waals surface area contributed by atoms with Crippen LogP contribution in [0.25, 0.3) is 5.69 Å². The first-order chi connectivity index (χ1) is 11.0. The van der Waals surface area contributed by atoms with Crippen molar-refractivity contribution in [1.29, 1.82) is 0 Å². The maximum absolute atomic E-state index is 12.5. The molecule has 0 bridgehead atoms. The van der Waals surface area contributed by atoms with Crippen LogP contribution < -0.4 is 4.72 Å². The second-order valence-corrected chi connectivity index (χ2v) is 7.06. The van der Waals surface area contributed by atoms with E-state index in [-0.39, 0.29) is 4.90 Å². The van der Waals surface area contributed by atoms with E-state index in [1.807, 2.05) is 65.7 Å². The van der Waals surface area contributed by atoms with Crippen molar-refractivity contribution in [2.75, 3.05) is 4.72 Å². The Bertz CT molecular complexity index is 909. The van der Waals surface area contributed by atoms with Crippen molar-refractivity contribution in [3.63, 3.8) is 0 Å². The number of hydrogen-bond acceptors (Lipinski definition) is 2. The largest absolute Gasteiger partial charge is 0.353 e. The monoisotopic (exact) mass is 329 g/mol. The van der Waals surface area contributed by atoms with Gasteiger partial charge in [0.2, 0.25) is 0 Å². The second-order valence-electron chi connectivity index (χ2n) is 5.37. The fourth-order valence-electron chi connectivity index (χ4n) is 2.37. The summed E-state index contributed by atoms with van der Waals surface area (Å²) in [5.74, 6) is 0. The molecule has 0 atom stereocenters. The van der Waals surface area contributed by atoms with E-state index >= 15 is 0 Å². The number of nitrogens with one attached hydrogen (secondary N) is 1. The van der Waals surface area contributed by atoms with Crippen LogP contribution in [0.2, 0.25) is 0 Å². The summed E-state index contributed by atoms with van der Waals surface area (Å²) in [4.78, 5) is 0.269. The van der Waals surface area contributed by atoms with Gasteiger partial charge in [0, 0.05) is 37.0 Å². The van der Waals surface area contributed by atoms with Crippen LogP contribution in [0.3, 0.4) is 0 Å². The van der Waals surface area contributed by atoms with Gasteiger partial charge < -0.3 is 9.13 Å². The number of hydrogen-bond donors (Lipinski definition) is 1. The van der Waals surface area contributed by atoms with Crippen LogP contribution in [0.4, 0.5) is 5.69 Å². The first-order valence-electron chi connectivity index (χ1n) is 7.42. The number of benzene rings is 1. The minimum Gasteiger partial charge on any atom is -0.353 e. The highest BCUT2D eigenvalue weighted by atomic mass is 32.2. The minimum atomic E-state index is -3.59. The van der Waals surface area contributed by atoms with Crippen LogP contribution >= 0.6 is 0 Å². The molecule has 3 aromatic rings. The van der Waals surface area contributed by atoms with Crippen LogP contribution in [0.1, 0.15) is 12.5 Å². The Hall–Kier alpha value is -2.47. The van der Waals surface area contributed by atoms with E-state index in [0.29, 0.717) is 5.69 Å². The smallest absolute Gasteiger partial charge is 0.263 e. The van der Waals surface area contributed by atoms with Gasteiger partial charge in [0.15, 0.2) is 0 Å². The van der Waals surface area contributed by atoms with Crippen molar-refractivity contribution >= 4 is 15.7 Å². The van der Waals surface area contributed by atoms with Crippen LogP contribution in [0.5, 0.6) is 0 Å². The highest BCUT2D eigenvalue weighted by Gasteiger charge is 2.17. The first kappa shape index (κ1) is 15.4. The number of rotatable bonds is 5. The molecule has 23 heavy (non-hydrogen) atoms. The van der Waals surface area contributed by atoms with E-state index in [1.54, 1.807) is 18.5 Å². The maximum Gasteiger partial charge on any atom is 0.263 e. The summed E-state index contributed by atoms with van der Waals surface area (Å²) in [5.41, 5.74) is 2.37. The molecule has 2 heterocycles. The van der Waals surface area contributed by atoms with Crippen molar-refractivity contribution in [2.45, 2.75) is 25.3 Å². The SMILES string of the molecule is CCn1ccc(S(=O)(=O)Nc2cc(-n3cccc3)ccc2C)c1. The summed E-state index contributed by atoms with van der Waals surface area (Å²) in [6, 6.07) is 11.2. The molecule has 6 heteroatoms. The fourth-order valence-corrected chi connectivity index (χ4v) is 3.51. The van der Waals surface area contributed by atoms with E-state index in [1.165, 1.54) is 0 Å². The molecular formula is C17H19N3O2S. The van der Waals surface area contributed by atoms with Gasteiger partial charge in [-0.3, -0.25) is 4.72 Å². The van der Waals surface area contributed by atoms with E-state index in [9.17, 15) is 8.42 Å². The van der Waals surface area contributed by atoms with Crippen molar-refractivity contribution in [3.8, 4) is 5.69 Å². The van der Waals surface area contributed by atoms with Crippen LogP contribution in [0, 0.1) is 6.92 Å². The van der Waals surface area contributed by atoms with Gasteiger partial charge in [0.1, 0.15) is 4.90 Å². The van der Waals surface area contributed by atoms with Crippen molar-refractivity contribution < 1.29 is 8.42 Å². The third-order valence-corrected chi connectivity index (χ3v) is 5.12. The fraction of sp³-hybridized carbons (Fsp3) is 0.176. The Morgan fingerprint density at radius 2 is 1.83 bits per heavy atom. The third-order valence-electron chi connectivity index (χ3n) is 3.77. The molecular weight excluding hydrogens is 310 g/mol. The summed E-state index contributed by atoms with van der Waals surface area (Å²) in [7, 11) is -3.59. The topological polar surface area (TPSA) is 56.0 Å². The Kier molecular flexibility index (Phi) is 4.00. The van der Waals surface area contributed by atoms with Gasteiger partial charge >= 0.3 is 0 Å². The lowest BCUT2D eigenvalue weighted by Crippen LogP contribution is -2.13. The average molecular weight is 329 g/mol. The number of anilines is 1. The summed E-state index contributed by atoms with van der Waals surface area (Å²) >= 11 is 0. The van der Waals surface area contributed by atoms with Gasteiger partial charge in [-0.1, -0.05) is 6.07 Å². The van der Waals surface area contributed by atoms with Gasteiger partial charge in [-0.05, 0) is 49.7 Å². The standard InChI is InChI=1S/C17H19N3O2S/c1-3-19-11-8-16(13-19)23(21,22)18-17-12-15(7-6-14(17)2)20-9-4-5-10-20/h4-13,18H,3H2,1-2H3. The van der Waals surface area contributed by atoms with Gasteiger partial charge in [-0.2, -0.15) is 0 Å². The molecule has 120 valence electrons. The molecule has 0 aliphatic heterocycles. The number of aryl methyl sites for hydroxylation is 2. The summed E-state index contributed by atoms with van der Waals surface area (Å²) in [6.07, 6.45) is 7.24. The zero-order valence-electron chi connectivity index (χ0n) is 13.1. The Morgan fingerprint density at radius 1 is 1.09 bits per heavy atom. The van der Waals surface area contributed by atoms with Crippen LogP contribution in [-0.4, -0.2) is 17.6 Å². The molecule has 0 radical (unpaired) electrons. The highest BCUT2D eigenvalue weighted by molar-refractivity contribution is 7.92. The normalized spacial score (nSPS) is 11.6. The predicted octanol–water partition coefficient (Wildman–Crippen LogP) is 3.41. The van der Waals surface area contributed by atoms with Crippen molar-refractivity contribution in [1.82, 2.24) is 9.13 Å². The predicted molar refractivity (Wildman–Crippen MR) is 91.4 cm³/mol. The minimum absolute atomic E-state index is 0.269. The molecule has 0 unspecified atom stereocenters. The van der Waals surface area contributed by atoms with Gasteiger partial charge in [0.25, 0.3) is 10.0 Å². The van der Waals surface area contributed by atoms with Gasteiger partial charge in [-0.15, -0.1) is 0 Å². The summed E-state index contributed by atoms with van der Waals surface area (Å²) in [6.45, 7) is 4.58. The number of aromatic nitrogens is 2. The van der Waals surface area contributed by atoms with E-state index < -0.39 is 10.0 Å². The molecule has 0 saturated carbocycles. The average Bonchev–Trinajstić information content (AvgIpc) is 3.20. The molecule has 0 saturated heterocycles. The lowest BCUT2D eigenvalue weighted by molar-refractivity contribution is 0.600. The molecule has 1 N–H and O–H groups in total. The number of sulfonamides is 1. The molecule has 1 aromatic carbocycles. The quantitative estimate of drug-likeness (QED) is 0.780. The van der Waals surface area contributed by atoms with E-state index in [4.69, 9.17) is 0 Å². The molecule has 2 aromatic heterocycles. The third kappa shape index (κ3) is 3.17. The van der Waals surface area contributed by atoms with Crippen molar-refractivity contribution in [3.05, 3.63) is 66.7 Å². The van der Waals surface area contributed by atoms with Crippen LogP contribution in [0.15, 0.2) is 66.1 Å². The Morgan fingerprint density at radius 3 is 2.48 bits per heavy atom. The Balaban J connectivity index is 1.94. The summed E-state index contributed by atoms with van der Waals surface area (Å²) in [5, 5.41) is 0. The molecule has 0 aliphatic carbocycles.